The lowest BCUT2D eigenvalue weighted by Crippen LogP contribution is -2.07. The summed E-state index contributed by atoms with van der Waals surface area (Å²) in [6, 6.07) is 0. The number of hydrogen-bond donors (Lipinski definition) is 0. The summed E-state index contributed by atoms with van der Waals surface area (Å²) in [6.07, 6.45) is 21.0. The van der Waals surface area contributed by atoms with Crippen LogP contribution in [0.25, 0.3) is 0 Å². The van der Waals surface area contributed by atoms with Crippen LogP contribution in [0.15, 0.2) is 0 Å². The van der Waals surface area contributed by atoms with E-state index in [1.807, 2.05) is 0 Å². The second-order valence-electron chi connectivity index (χ2n) is 9.70. The third kappa shape index (κ3) is 24.0. The van der Waals surface area contributed by atoms with Gasteiger partial charge in [0.2, 0.25) is 0 Å². The van der Waals surface area contributed by atoms with Crippen LogP contribution in [0, 0.1) is 11.3 Å². The van der Waals surface area contributed by atoms with E-state index in [4.69, 9.17) is 4.74 Å². The first-order valence-electron chi connectivity index (χ1n) is 11.5. The van der Waals surface area contributed by atoms with Gasteiger partial charge in [-0.2, -0.15) is 0 Å². The van der Waals surface area contributed by atoms with Crippen molar-refractivity contribution in [3.05, 3.63) is 0 Å². The lowest BCUT2D eigenvalue weighted by Gasteiger charge is -2.17. The van der Waals surface area contributed by atoms with Gasteiger partial charge in [0.1, 0.15) is 0 Å². The number of rotatable bonds is 18. The van der Waals surface area contributed by atoms with E-state index < -0.39 is 0 Å². The molecule has 0 saturated heterocycles. The van der Waals surface area contributed by atoms with Gasteiger partial charge in [-0.15, -0.1) is 0 Å². The molecule has 0 unspecified atom stereocenters. The van der Waals surface area contributed by atoms with E-state index in [1.54, 1.807) is 0 Å². The molecule has 0 saturated carbocycles. The molecule has 0 aromatic rings. The smallest absolute Gasteiger partial charge is 0.0466 e. The molecule has 0 aliphatic carbocycles. The molecule has 0 N–H and O–H groups in total. The quantitative estimate of drug-likeness (QED) is 0.224. The van der Waals surface area contributed by atoms with Crippen molar-refractivity contribution in [2.24, 2.45) is 11.3 Å². The van der Waals surface area contributed by atoms with Crippen LogP contribution < -0.4 is 0 Å². The Balaban J connectivity index is 3.03. The molecule has 0 aliphatic heterocycles. The molecule has 0 radical (unpaired) electrons. The zero-order valence-electron chi connectivity index (χ0n) is 18.5. The molecule has 0 spiro atoms. The van der Waals surface area contributed by atoms with Crippen LogP contribution in [0.1, 0.15) is 131 Å². The van der Waals surface area contributed by atoms with Crippen LogP contribution in [-0.4, -0.2) is 13.2 Å². The standard InChI is InChI=1S/C24H50O/c1-23(2)19-16-14-12-10-8-6-7-9-11-13-15-17-21-25-22-18-20-24(3,4)5/h23H,6-22H2,1-5H3. The average molecular weight is 355 g/mol. The molecule has 0 fully saturated rings. The molecule has 0 bridgehead atoms. The highest BCUT2D eigenvalue weighted by Gasteiger charge is 2.08. The number of hydrogen-bond acceptors (Lipinski definition) is 1. The van der Waals surface area contributed by atoms with Crippen LogP contribution in [0.4, 0.5) is 0 Å². The van der Waals surface area contributed by atoms with Gasteiger partial charge in [-0.05, 0) is 30.6 Å². The summed E-state index contributed by atoms with van der Waals surface area (Å²) >= 11 is 0. The van der Waals surface area contributed by atoms with Gasteiger partial charge in [0.15, 0.2) is 0 Å². The van der Waals surface area contributed by atoms with Crippen LogP contribution >= 0.6 is 0 Å². The van der Waals surface area contributed by atoms with Crippen molar-refractivity contribution < 1.29 is 4.74 Å². The predicted octanol–water partition coefficient (Wildman–Crippen LogP) is 8.56. The van der Waals surface area contributed by atoms with E-state index in [2.05, 4.69) is 34.6 Å². The largest absolute Gasteiger partial charge is 0.381 e. The molecular weight excluding hydrogens is 304 g/mol. The van der Waals surface area contributed by atoms with Crippen molar-refractivity contribution in [3.63, 3.8) is 0 Å². The zero-order chi connectivity index (χ0) is 18.8. The van der Waals surface area contributed by atoms with Crippen LogP contribution in [0.5, 0.6) is 0 Å². The molecule has 25 heavy (non-hydrogen) atoms. The summed E-state index contributed by atoms with van der Waals surface area (Å²) in [7, 11) is 0. The van der Waals surface area contributed by atoms with E-state index >= 15 is 0 Å². The fourth-order valence-corrected chi connectivity index (χ4v) is 3.33. The lowest BCUT2D eigenvalue weighted by molar-refractivity contribution is 0.118. The highest BCUT2D eigenvalue weighted by atomic mass is 16.5. The van der Waals surface area contributed by atoms with E-state index in [9.17, 15) is 0 Å². The van der Waals surface area contributed by atoms with Crippen molar-refractivity contribution in [1.29, 1.82) is 0 Å². The maximum absolute atomic E-state index is 5.74. The number of unbranched alkanes of at least 4 members (excludes halogenated alkanes) is 11. The molecule has 152 valence electrons. The molecule has 0 heterocycles. The monoisotopic (exact) mass is 354 g/mol. The topological polar surface area (TPSA) is 9.23 Å². The van der Waals surface area contributed by atoms with Gasteiger partial charge in [0, 0.05) is 13.2 Å². The predicted molar refractivity (Wildman–Crippen MR) is 114 cm³/mol. The first kappa shape index (κ1) is 25.0. The van der Waals surface area contributed by atoms with Crippen LogP contribution in [0.2, 0.25) is 0 Å². The third-order valence-electron chi connectivity index (χ3n) is 5.04. The molecule has 1 heteroatoms. The van der Waals surface area contributed by atoms with E-state index in [0.717, 1.165) is 19.1 Å². The van der Waals surface area contributed by atoms with Crippen LogP contribution in [0.3, 0.4) is 0 Å². The Hall–Kier alpha value is -0.0400. The molecule has 1 nitrogen and oxygen atoms in total. The Morgan fingerprint density at radius 1 is 0.560 bits per heavy atom. The molecule has 0 aromatic heterocycles. The van der Waals surface area contributed by atoms with E-state index in [1.165, 1.54) is 96.3 Å². The first-order chi connectivity index (χ1) is 11.9. The third-order valence-corrected chi connectivity index (χ3v) is 5.04. The summed E-state index contributed by atoms with van der Waals surface area (Å²) in [4.78, 5) is 0. The van der Waals surface area contributed by atoms with E-state index in [0.29, 0.717) is 5.41 Å². The lowest BCUT2D eigenvalue weighted by atomic mass is 9.91. The molecule has 0 atom stereocenters. The average Bonchev–Trinajstić information content (AvgIpc) is 2.52. The maximum Gasteiger partial charge on any atom is 0.0466 e. The fourth-order valence-electron chi connectivity index (χ4n) is 3.33. The highest BCUT2D eigenvalue weighted by Crippen LogP contribution is 2.20. The Kier molecular flexibility index (Phi) is 17.3. The minimum Gasteiger partial charge on any atom is -0.381 e. The SMILES string of the molecule is CC(C)CCCCCCCCCCCCCCOCCCC(C)(C)C. The minimum absolute atomic E-state index is 0.455. The molecule has 0 aliphatic rings. The summed E-state index contributed by atoms with van der Waals surface area (Å²) in [6.45, 7) is 13.5. The molecule has 0 amide bonds. The summed E-state index contributed by atoms with van der Waals surface area (Å²) < 4.78 is 5.74. The fraction of sp³-hybridized carbons (Fsp3) is 1.00. The van der Waals surface area contributed by atoms with Crippen LogP contribution in [-0.2, 0) is 4.74 Å². The Morgan fingerprint density at radius 3 is 1.40 bits per heavy atom. The Morgan fingerprint density at radius 2 is 0.960 bits per heavy atom. The van der Waals surface area contributed by atoms with Crippen molar-refractivity contribution >= 4 is 0 Å². The van der Waals surface area contributed by atoms with Crippen molar-refractivity contribution in [2.75, 3.05) is 13.2 Å². The van der Waals surface area contributed by atoms with Gasteiger partial charge in [0.05, 0.1) is 0 Å². The Labute approximate surface area is 160 Å². The maximum atomic E-state index is 5.74. The van der Waals surface area contributed by atoms with Crippen molar-refractivity contribution in [2.45, 2.75) is 131 Å². The second kappa shape index (κ2) is 17.4. The van der Waals surface area contributed by atoms with Gasteiger partial charge in [-0.1, -0.05) is 112 Å². The zero-order valence-corrected chi connectivity index (χ0v) is 18.5. The summed E-state index contributed by atoms with van der Waals surface area (Å²) in [5.74, 6) is 0.889. The summed E-state index contributed by atoms with van der Waals surface area (Å²) in [5, 5.41) is 0. The molecular formula is C24H50O. The highest BCUT2D eigenvalue weighted by molar-refractivity contribution is 4.60. The minimum atomic E-state index is 0.455. The molecule has 0 rings (SSSR count). The van der Waals surface area contributed by atoms with E-state index in [-0.39, 0.29) is 0 Å². The van der Waals surface area contributed by atoms with Gasteiger partial charge in [-0.25, -0.2) is 0 Å². The van der Waals surface area contributed by atoms with Crippen molar-refractivity contribution in [3.8, 4) is 0 Å². The van der Waals surface area contributed by atoms with Gasteiger partial charge >= 0.3 is 0 Å². The van der Waals surface area contributed by atoms with Crippen molar-refractivity contribution in [1.82, 2.24) is 0 Å². The number of ether oxygens (including phenoxy) is 1. The molecule has 0 aromatic carbocycles. The van der Waals surface area contributed by atoms with Gasteiger partial charge < -0.3 is 4.74 Å². The first-order valence-corrected chi connectivity index (χ1v) is 11.5. The van der Waals surface area contributed by atoms with Gasteiger partial charge in [0.25, 0.3) is 0 Å². The normalized spacial score (nSPS) is 12.2. The van der Waals surface area contributed by atoms with Gasteiger partial charge in [-0.3, -0.25) is 0 Å². The summed E-state index contributed by atoms with van der Waals surface area (Å²) in [5.41, 5.74) is 0.455. The Bertz CT molecular complexity index is 251. The second-order valence-corrected chi connectivity index (χ2v) is 9.70.